The van der Waals surface area contributed by atoms with E-state index in [9.17, 15) is 4.79 Å². The third-order valence-electron chi connectivity index (χ3n) is 3.45. The van der Waals surface area contributed by atoms with E-state index in [1.54, 1.807) is 24.3 Å². The average molecular weight is 324 g/mol. The second kappa shape index (κ2) is 7.11. The number of hydrogen-bond donors (Lipinski definition) is 0. The lowest BCUT2D eigenvalue weighted by atomic mass is 10.1. The average Bonchev–Trinajstić information content (AvgIpc) is 3.11. The summed E-state index contributed by atoms with van der Waals surface area (Å²) in [5.74, 6) is 0.0303. The van der Waals surface area contributed by atoms with Crippen LogP contribution in [0.1, 0.15) is 12.0 Å². The van der Waals surface area contributed by atoms with Gasteiger partial charge in [-0.05, 0) is 24.1 Å². The lowest BCUT2D eigenvalue weighted by Crippen LogP contribution is -2.26. The summed E-state index contributed by atoms with van der Waals surface area (Å²) >= 11 is 1.39. The van der Waals surface area contributed by atoms with Crippen LogP contribution in [0.5, 0.6) is 0 Å². The van der Waals surface area contributed by atoms with Crippen molar-refractivity contribution in [3.05, 3.63) is 60.4 Å². The minimum absolute atomic E-state index is 0.0303. The van der Waals surface area contributed by atoms with Crippen molar-refractivity contribution in [1.82, 2.24) is 15.2 Å². The largest absolute Gasteiger partial charge is 0.290 e. The number of pyridine rings is 1. The second-order valence-electron chi connectivity index (χ2n) is 5.07. The van der Waals surface area contributed by atoms with E-state index < -0.39 is 0 Å². The van der Waals surface area contributed by atoms with Gasteiger partial charge < -0.3 is 0 Å². The zero-order chi connectivity index (χ0) is 16.1. The van der Waals surface area contributed by atoms with Crippen LogP contribution in [0.3, 0.4) is 0 Å². The summed E-state index contributed by atoms with van der Waals surface area (Å²) in [5, 5.41) is 9.62. The van der Waals surface area contributed by atoms with Gasteiger partial charge in [0.25, 0.3) is 0 Å². The SMILES string of the molecule is CN(C(=O)CCc1ccccc1)c1nnc(-c2cccnc2)s1. The van der Waals surface area contributed by atoms with Gasteiger partial charge in [-0.2, -0.15) is 0 Å². The molecule has 2 heterocycles. The lowest BCUT2D eigenvalue weighted by Gasteiger charge is -2.12. The van der Waals surface area contributed by atoms with Gasteiger partial charge in [0.1, 0.15) is 0 Å². The van der Waals surface area contributed by atoms with Gasteiger partial charge in [0.05, 0.1) is 0 Å². The van der Waals surface area contributed by atoms with Crippen molar-refractivity contribution in [2.45, 2.75) is 12.8 Å². The quantitative estimate of drug-likeness (QED) is 0.723. The number of rotatable bonds is 5. The van der Waals surface area contributed by atoms with Gasteiger partial charge in [-0.1, -0.05) is 41.7 Å². The van der Waals surface area contributed by atoms with Gasteiger partial charge in [0.2, 0.25) is 11.0 Å². The van der Waals surface area contributed by atoms with Crippen molar-refractivity contribution in [2.75, 3.05) is 11.9 Å². The van der Waals surface area contributed by atoms with Crippen LogP contribution in [0, 0.1) is 0 Å². The van der Waals surface area contributed by atoms with Crippen molar-refractivity contribution < 1.29 is 4.79 Å². The molecule has 0 N–H and O–H groups in total. The van der Waals surface area contributed by atoms with Gasteiger partial charge in [-0.15, -0.1) is 10.2 Å². The monoisotopic (exact) mass is 324 g/mol. The molecule has 0 bridgehead atoms. The fraction of sp³-hybridized carbons (Fsp3) is 0.176. The van der Waals surface area contributed by atoms with Crippen LogP contribution < -0.4 is 4.90 Å². The second-order valence-corrected chi connectivity index (χ2v) is 6.03. The molecule has 23 heavy (non-hydrogen) atoms. The minimum Gasteiger partial charge on any atom is -0.290 e. The Hall–Kier alpha value is -2.60. The first kappa shape index (κ1) is 15.3. The Morgan fingerprint density at radius 1 is 1.13 bits per heavy atom. The van der Waals surface area contributed by atoms with Crippen molar-refractivity contribution in [1.29, 1.82) is 0 Å². The lowest BCUT2D eigenvalue weighted by molar-refractivity contribution is -0.118. The molecule has 0 aliphatic rings. The van der Waals surface area contributed by atoms with Crippen LogP contribution >= 0.6 is 11.3 Å². The number of nitrogens with zero attached hydrogens (tertiary/aromatic N) is 4. The molecule has 5 nitrogen and oxygen atoms in total. The van der Waals surface area contributed by atoms with Gasteiger partial charge in [-0.3, -0.25) is 14.7 Å². The highest BCUT2D eigenvalue weighted by molar-refractivity contribution is 7.18. The highest BCUT2D eigenvalue weighted by atomic mass is 32.1. The summed E-state index contributed by atoms with van der Waals surface area (Å²) < 4.78 is 0. The number of aromatic nitrogens is 3. The summed E-state index contributed by atoms with van der Waals surface area (Å²) in [5.41, 5.74) is 2.06. The molecule has 116 valence electrons. The number of hydrogen-bond acceptors (Lipinski definition) is 5. The molecule has 0 aliphatic heterocycles. The predicted molar refractivity (Wildman–Crippen MR) is 91.3 cm³/mol. The Balaban J connectivity index is 1.65. The number of amides is 1. The molecule has 0 fully saturated rings. The van der Waals surface area contributed by atoms with Crippen molar-refractivity contribution in [3.8, 4) is 10.6 Å². The zero-order valence-corrected chi connectivity index (χ0v) is 13.5. The maximum atomic E-state index is 12.3. The molecular formula is C17H16N4OS. The van der Waals surface area contributed by atoms with Crippen LogP contribution in [0.15, 0.2) is 54.9 Å². The first-order valence-electron chi connectivity index (χ1n) is 7.28. The van der Waals surface area contributed by atoms with Gasteiger partial charge in [0.15, 0.2) is 5.01 Å². The third kappa shape index (κ3) is 3.78. The first-order chi connectivity index (χ1) is 11.2. The Bertz CT molecular complexity index is 774. The number of anilines is 1. The van der Waals surface area contributed by atoms with E-state index in [0.717, 1.165) is 22.6 Å². The maximum absolute atomic E-state index is 12.3. The fourth-order valence-corrected chi connectivity index (χ4v) is 2.94. The molecule has 0 radical (unpaired) electrons. The standard InChI is InChI=1S/C17H16N4OS/c1-21(15(22)10-9-13-6-3-2-4-7-13)17-20-19-16(23-17)14-8-5-11-18-12-14/h2-8,11-12H,9-10H2,1H3. The Kier molecular flexibility index (Phi) is 4.73. The van der Waals surface area contributed by atoms with Crippen LogP contribution in [-0.4, -0.2) is 28.1 Å². The van der Waals surface area contributed by atoms with Gasteiger partial charge >= 0.3 is 0 Å². The normalized spacial score (nSPS) is 10.5. The molecule has 0 unspecified atom stereocenters. The molecular weight excluding hydrogens is 308 g/mol. The third-order valence-corrected chi connectivity index (χ3v) is 4.50. The summed E-state index contributed by atoms with van der Waals surface area (Å²) in [7, 11) is 1.74. The van der Waals surface area contributed by atoms with Crippen molar-refractivity contribution >= 4 is 22.4 Å². The predicted octanol–water partition coefficient (Wildman–Crippen LogP) is 3.20. The summed E-state index contributed by atoms with van der Waals surface area (Å²) in [6.07, 6.45) is 4.62. The van der Waals surface area contributed by atoms with Crippen LogP contribution in [0.25, 0.3) is 10.6 Å². The first-order valence-corrected chi connectivity index (χ1v) is 8.10. The minimum atomic E-state index is 0.0303. The Morgan fingerprint density at radius 3 is 2.70 bits per heavy atom. The molecule has 3 aromatic rings. The number of aryl methyl sites for hydroxylation is 1. The van der Waals surface area contributed by atoms with Gasteiger partial charge in [-0.25, -0.2) is 0 Å². The highest BCUT2D eigenvalue weighted by Crippen LogP contribution is 2.27. The van der Waals surface area contributed by atoms with E-state index in [1.807, 2.05) is 42.5 Å². The van der Waals surface area contributed by atoms with E-state index in [-0.39, 0.29) is 5.91 Å². The van der Waals surface area contributed by atoms with E-state index in [4.69, 9.17) is 0 Å². The molecule has 2 aromatic heterocycles. The highest BCUT2D eigenvalue weighted by Gasteiger charge is 2.16. The van der Waals surface area contributed by atoms with E-state index in [1.165, 1.54) is 11.3 Å². The van der Waals surface area contributed by atoms with Crippen molar-refractivity contribution in [3.63, 3.8) is 0 Å². The molecule has 1 amide bonds. The topological polar surface area (TPSA) is 59.0 Å². The van der Waals surface area contributed by atoms with Crippen LogP contribution in [0.4, 0.5) is 5.13 Å². The molecule has 0 aliphatic carbocycles. The van der Waals surface area contributed by atoms with E-state index >= 15 is 0 Å². The van der Waals surface area contributed by atoms with Crippen LogP contribution in [0.2, 0.25) is 0 Å². The van der Waals surface area contributed by atoms with Crippen LogP contribution in [-0.2, 0) is 11.2 Å². The molecule has 3 rings (SSSR count). The number of carbonyl (C=O) groups excluding carboxylic acids is 1. The number of benzene rings is 1. The molecule has 0 saturated carbocycles. The molecule has 6 heteroatoms. The Morgan fingerprint density at radius 2 is 1.96 bits per heavy atom. The molecule has 0 spiro atoms. The summed E-state index contributed by atoms with van der Waals surface area (Å²) in [6.45, 7) is 0. The van der Waals surface area contributed by atoms with Crippen molar-refractivity contribution in [2.24, 2.45) is 0 Å². The summed E-state index contributed by atoms with van der Waals surface area (Å²) in [6, 6.07) is 13.8. The van der Waals surface area contributed by atoms with E-state index in [0.29, 0.717) is 11.6 Å². The van der Waals surface area contributed by atoms with E-state index in [2.05, 4.69) is 15.2 Å². The molecule has 1 aromatic carbocycles. The summed E-state index contributed by atoms with van der Waals surface area (Å²) in [4.78, 5) is 18.0. The maximum Gasteiger partial charge on any atom is 0.228 e. The smallest absolute Gasteiger partial charge is 0.228 e. The molecule has 0 saturated heterocycles. The zero-order valence-electron chi connectivity index (χ0n) is 12.7. The fourth-order valence-electron chi connectivity index (χ4n) is 2.13. The Labute approximate surface area is 138 Å². The number of carbonyl (C=O) groups is 1. The van der Waals surface area contributed by atoms with Gasteiger partial charge in [0, 0.05) is 31.4 Å². The molecule has 0 atom stereocenters.